The van der Waals surface area contributed by atoms with E-state index in [4.69, 9.17) is 14.6 Å². The lowest BCUT2D eigenvalue weighted by Gasteiger charge is -2.20. The van der Waals surface area contributed by atoms with Gasteiger partial charge in [0.1, 0.15) is 11.4 Å². The molecular formula is C17H25NO5. The van der Waals surface area contributed by atoms with Crippen LogP contribution in [0.3, 0.4) is 0 Å². The van der Waals surface area contributed by atoms with Crippen LogP contribution in [-0.4, -0.2) is 29.4 Å². The third-order valence-corrected chi connectivity index (χ3v) is 2.70. The quantitative estimate of drug-likeness (QED) is 0.837. The minimum absolute atomic E-state index is 0.128. The van der Waals surface area contributed by atoms with Gasteiger partial charge in [-0.2, -0.15) is 0 Å². The Hall–Kier alpha value is -2.24. The molecule has 0 bridgehead atoms. The van der Waals surface area contributed by atoms with Crippen molar-refractivity contribution in [1.29, 1.82) is 0 Å². The van der Waals surface area contributed by atoms with Gasteiger partial charge in [-0.15, -0.1) is 0 Å². The van der Waals surface area contributed by atoms with E-state index in [1.807, 2.05) is 13.8 Å². The van der Waals surface area contributed by atoms with Crippen molar-refractivity contribution in [2.45, 2.75) is 46.8 Å². The summed E-state index contributed by atoms with van der Waals surface area (Å²) in [5, 5.41) is 11.7. The molecule has 128 valence electrons. The van der Waals surface area contributed by atoms with Crippen LogP contribution in [0.5, 0.6) is 5.75 Å². The molecule has 0 aliphatic carbocycles. The highest BCUT2D eigenvalue weighted by Gasteiger charge is 2.17. The molecule has 0 aliphatic heterocycles. The van der Waals surface area contributed by atoms with Crippen LogP contribution in [0.1, 0.15) is 50.5 Å². The molecule has 0 aromatic heterocycles. The van der Waals surface area contributed by atoms with Gasteiger partial charge in [-0.25, -0.2) is 9.59 Å². The summed E-state index contributed by atoms with van der Waals surface area (Å²) in [7, 11) is 0. The zero-order valence-electron chi connectivity index (χ0n) is 14.3. The maximum absolute atomic E-state index is 11.7. The molecule has 1 aromatic carbocycles. The lowest BCUT2D eigenvalue weighted by molar-refractivity contribution is 0.0523. The fraction of sp³-hybridized carbons (Fsp3) is 0.529. The van der Waals surface area contributed by atoms with Crippen LogP contribution in [-0.2, 0) is 11.3 Å². The van der Waals surface area contributed by atoms with Crippen molar-refractivity contribution in [3.05, 3.63) is 29.3 Å². The number of rotatable bonds is 6. The van der Waals surface area contributed by atoms with Crippen LogP contribution in [0.25, 0.3) is 0 Å². The summed E-state index contributed by atoms with van der Waals surface area (Å²) in [6.45, 7) is 9.99. The van der Waals surface area contributed by atoms with E-state index < -0.39 is 17.7 Å². The maximum atomic E-state index is 11.7. The molecule has 1 rings (SSSR count). The molecule has 0 aliphatic rings. The zero-order valence-corrected chi connectivity index (χ0v) is 14.3. The molecule has 6 heteroatoms. The van der Waals surface area contributed by atoms with E-state index in [0.717, 1.165) is 0 Å². The Morgan fingerprint density at radius 2 is 1.91 bits per heavy atom. The molecule has 0 unspecified atom stereocenters. The number of carboxylic acid groups (broad SMARTS) is 1. The first kappa shape index (κ1) is 18.8. The van der Waals surface area contributed by atoms with Gasteiger partial charge in [0.15, 0.2) is 0 Å². The second kappa shape index (κ2) is 7.85. The second-order valence-corrected chi connectivity index (χ2v) is 6.69. The number of aromatic carboxylic acids is 1. The molecule has 0 spiro atoms. The number of carboxylic acids is 1. The first-order chi connectivity index (χ1) is 10.6. The van der Waals surface area contributed by atoms with E-state index >= 15 is 0 Å². The van der Waals surface area contributed by atoms with Crippen LogP contribution in [0.2, 0.25) is 0 Å². The Balaban J connectivity index is 2.85. The van der Waals surface area contributed by atoms with Crippen molar-refractivity contribution < 1.29 is 24.2 Å². The zero-order chi connectivity index (χ0) is 17.6. The summed E-state index contributed by atoms with van der Waals surface area (Å²) >= 11 is 0. The highest BCUT2D eigenvalue weighted by Crippen LogP contribution is 2.21. The summed E-state index contributed by atoms with van der Waals surface area (Å²) in [5.74, 6) is -0.139. The predicted molar refractivity (Wildman–Crippen MR) is 86.8 cm³/mol. The van der Waals surface area contributed by atoms with Crippen LogP contribution in [0, 0.1) is 5.92 Å². The minimum Gasteiger partial charge on any atom is -0.493 e. The van der Waals surface area contributed by atoms with Gasteiger partial charge in [0, 0.05) is 12.1 Å². The average Bonchev–Trinajstić information content (AvgIpc) is 2.41. The SMILES string of the molecule is CC(C)COc1ccc(C(=O)O)cc1CNC(=O)OC(C)(C)C. The van der Waals surface area contributed by atoms with Crippen LogP contribution < -0.4 is 10.1 Å². The first-order valence-corrected chi connectivity index (χ1v) is 7.54. The molecule has 6 nitrogen and oxygen atoms in total. The molecule has 0 radical (unpaired) electrons. The van der Waals surface area contributed by atoms with Crippen LogP contribution in [0.4, 0.5) is 4.79 Å². The van der Waals surface area contributed by atoms with E-state index in [9.17, 15) is 9.59 Å². The van der Waals surface area contributed by atoms with Crippen molar-refractivity contribution in [2.75, 3.05) is 6.61 Å². The number of alkyl carbamates (subject to hydrolysis) is 1. The Kier molecular flexibility index (Phi) is 6.42. The van der Waals surface area contributed by atoms with Crippen molar-refractivity contribution in [2.24, 2.45) is 5.92 Å². The number of amides is 1. The van der Waals surface area contributed by atoms with E-state index in [1.165, 1.54) is 12.1 Å². The number of hydrogen-bond donors (Lipinski definition) is 2. The number of nitrogens with one attached hydrogen (secondary N) is 1. The summed E-state index contributed by atoms with van der Waals surface area (Å²) in [5.41, 5.74) is 0.142. The summed E-state index contributed by atoms with van der Waals surface area (Å²) in [4.78, 5) is 22.8. The number of benzene rings is 1. The molecule has 0 atom stereocenters. The Morgan fingerprint density at radius 1 is 1.26 bits per heavy atom. The van der Waals surface area contributed by atoms with E-state index in [0.29, 0.717) is 23.8 Å². The van der Waals surface area contributed by atoms with Gasteiger partial charge in [0.05, 0.1) is 12.2 Å². The van der Waals surface area contributed by atoms with Gasteiger partial charge in [0.2, 0.25) is 0 Å². The van der Waals surface area contributed by atoms with Crippen molar-refractivity contribution >= 4 is 12.1 Å². The van der Waals surface area contributed by atoms with Crippen LogP contribution in [0.15, 0.2) is 18.2 Å². The maximum Gasteiger partial charge on any atom is 0.407 e. The Bertz CT molecular complexity index is 561. The van der Waals surface area contributed by atoms with Crippen LogP contribution >= 0.6 is 0 Å². The summed E-state index contributed by atoms with van der Waals surface area (Å²) < 4.78 is 10.8. The highest BCUT2D eigenvalue weighted by molar-refractivity contribution is 5.88. The standard InChI is InChI=1S/C17H25NO5/c1-11(2)10-22-14-7-6-12(15(19)20)8-13(14)9-18-16(21)23-17(3,4)5/h6-8,11H,9-10H2,1-5H3,(H,18,21)(H,19,20). The first-order valence-electron chi connectivity index (χ1n) is 7.54. The minimum atomic E-state index is -1.03. The number of hydrogen-bond acceptors (Lipinski definition) is 4. The monoisotopic (exact) mass is 323 g/mol. The Labute approximate surface area is 136 Å². The molecule has 1 aromatic rings. The van der Waals surface area contributed by atoms with Crippen molar-refractivity contribution in [3.8, 4) is 5.75 Å². The van der Waals surface area contributed by atoms with Gasteiger partial charge in [-0.3, -0.25) is 0 Å². The normalized spacial score (nSPS) is 11.2. The lowest BCUT2D eigenvalue weighted by atomic mass is 10.1. The highest BCUT2D eigenvalue weighted by atomic mass is 16.6. The smallest absolute Gasteiger partial charge is 0.407 e. The predicted octanol–water partition coefficient (Wildman–Crippen LogP) is 3.44. The molecule has 0 fully saturated rings. The summed E-state index contributed by atoms with van der Waals surface area (Å²) in [6.07, 6.45) is -0.562. The molecule has 0 saturated heterocycles. The molecule has 0 heterocycles. The van der Waals surface area contributed by atoms with E-state index in [2.05, 4.69) is 5.32 Å². The molecule has 1 amide bonds. The van der Waals surface area contributed by atoms with Gasteiger partial charge < -0.3 is 19.9 Å². The molecule has 2 N–H and O–H groups in total. The van der Waals surface area contributed by atoms with Crippen molar-refractivity contribution in [1.82, 2.24) is 5.32 Å². The topological polar surface area (TPSA) is 84.9 Å². The van der Waals surface area contributed by atoms with Gasteiger partial charge >= 0.3 is 12.1 Å². The molecule has 23 heavy (non-hydrogen) atoms. The third kappa shape index (κ3) is 7.04. The van der Waals surface area contributed by atoms with Gasteiger partial charge in [0.25, 0.3) is 0 Å². The number of carbonyl (C=O) groups is 2. The summed E-state index contributed by atoms with van der Waals surface area (Å²) in [6, 6.07) is 4.59. The lowest BCUT2D eigenvalue weighted by Crippen LogP contribution is -2.32. The Morgan fingerprint density at radius 3 is 2.43 bits per heavy atom. The largest absolute Gasteiger partial charge is 0.493 e. The number of ether oxygens (including phenoxy) is 2. The second-order valence-electron chi connectivity index (χ2n) is 6.69. The fourth-order valence-electron chi connectivity index (χ4n) is 1.73. The van der Waals surface area contributed by atoms with E-state index in [1.54, 1.807) is 26.8 Å². The molecular weight excluding hydrogens is 298 g/mol. The van der Waals surface area contributed by atoms with Gasteiger partial charge in [-0.1, -0.05) is 13.8 Å². The number of carbonyl (C=O) groups excluding carboxylic acids is 1. The fourth-order valence-corrected chi connectivity index (χ4v) is 1.73. The third-order valence-electron chi connectivity index (χ3n) is 2.70. The van der Waals surface area contributed by atoms with Gasteiger partial charge in [-0.05, 0) is 44.9 Å². The van der Waals surface area contributed by atoms with Crippen molar-refractivity contribution in [3.63, 3.8) is 0 Å². The molecule has 0 saturated carbocycles. The average molecular weight is 323 g/mol. The van der Waals surface area contributed by atoms with E-state index in [-0.39, 0.29) is 12.1 Å².